The van der Waals surface area contributed by atoms with Gasteiger partial charge in [-0.1, -0.05) is 6.07 Å². The first-order valence-corrected chi connectivity index (χ1v) is 11.0. The topological polar surface area (TPSA) is 30.9 Å². The highest BCUT2D eigenvalue weighted by Crippen LogP contribution is 2.32. The molecule has 3 aliphatic heterocycles. The third-order valence-corrected chi connectivity index (χ3v) is 7.85. The number of hydrogen-bond acceptors (Lipinski definition) is 2. The molecule has 2 aromatic rings. The summed E-state index contributed by atoms with van der Waals surface area (Å²) in [7, 11) is 2.32. The van der Waals surface area contributed by atoms with E-state index < -0.39 is 0 Å². The van der Waals surface area contributed by atoms with E-state index in [0.29, 0.717) is 11.8 Å². The van der Waals surface area contributed by atoms with Crippen LogP contribution in [0.5, 0.6) is 0 Å². The zero-order valence-electron chi connectivity index (χ0n) is 15.5. The second-order valence-corrected chi connectivity index (χ2v) is 9.61. The van der Waals surface area contributed by atoms with Crippen molar-refractivity contribution in [1.82, 2.24) is 4.57 Å². The van der Waals surface area contributed by atoms with Gasteiger partial charge in [0.25, 0.3) is 5.56 Å². The van der Waals surface area contributed by atoms with Gasteiger partial charge in [-0.15, -0.1) is 11.3 Å². The molecule has 0 aliphatic carbocycles. The van der Waals surface area contributed by atoms with Gasteiger partial charge in [0.1, 0.15) is 0 Å². The Labute approximate surface area is 159 Å². The van der Waals surface area contributed by atoms with Gasteiger partial charge in [0.15, 0.2) is 0 Å². The molecule has 2 aromatic heterocycles. The van der Waals surface area contributed by atoms with Crippen LogP contribution < -0.4 is 15.4 Å². The Morgan fingerprint density at radius 3 is 2.77 bits per heavy atom. The summed E-state index contributed by atoms with van der Waals surface area (Å²) in [4.78, 5) is 17.7. The molecule has 2 bridgehead atoms. The van der Waals surface area contributed by atoms with Gasteiger partial charge < -0.3 is 14.4 Å². The summed E-state index contributed by atoms with van der Waals surface area (Å²) in [6.07, 6.45) is 4.01. The van der Waals surface area contributed by atoms with E-state index in [0.717, 1.165) is 23.0 Å². The Morgan fingerprint density at radius 2 is 2.00 bits per heavy atom. The van der Waals surface area contributed by atoms with Gasteiger partial charge in [-0.05, 0) is 30.0 Å². The number of fused-ring (bicyclic) bond motifs is 4. The van der Waals surface area contributed by atoms with Crippen LogP contribution in [0.3, 0.4) is 0 Å². The smallest absolute Gasteiger partial charge is 0.259 e. The number of quaternary nitrogens is 2. The summed E-state index contributed by atoms with van der Waals surface area (Å²) < 4.78 is 2.11. The molecular weight excluding hydrogens is 342 g/mol. The van der Waals surface area contributed by atoms with Gasteiger partial charge in [-0.25, -0.2) is 0 Å². The fraction of sp³-hybridized carbons (Fsp3) is 0.571. The van der Waals surface area contributed by atoms with Crippen molar-refractivity contribution in [2.24, 2.45) is 5.92 Å². The molecule has 0 saturated carbocycles. The molecule has 5 heterocycles. The lowest BCUT2D eigenvalue weighted by atomic mass is 9.81. The van der Waals surface area contributed by atoms with Crippen LogP contribution in [0.15, 0.2) is 34.4 Å². The lowest BCUT2D eigenvalue weighted by Crippen LogP contribution is -3.21. The first kappa shape index (κ1) is 16.7. The molecule has 2 fully saturated rings. The van der Waals surface area contributed by atoms with Gasteiger partial charge in [0, 0.05) is 41.8 Å². The summed E-state index contributed by atoms with van der Waals surface area (Å²) in [6.45, 7) is 6.05. The molecule has 5 heteroatoms. The maximum Gasteiger partial charge on any atom is 0.259 e. The van der Waals surface area contributed by atoms with Crippen molar-refractivity contribution >= 4 is 11.3 Å². The highest BCUT2D eigenvalue weighted by atomic mass is 32.1. The van der Waals surface area contributed by atoms with Gasteiger partial charge in [0.2, 0.25) is 0 Å². The minimum atomic E-state index is 0.228. The van der Waals surface area contributed by atoms with Crippen LogP contribution in [0.2, 0.25) is 0 Å². The number of rotatable bonds is 2. The lowest BCUT2D eigenvalue weighted by Gasteiger charge is -2.44. The minimum Gasteiger partial charge on any atom is -0.337 e. The Bertz CT molecular complexity index is 835. The van der Waals surface area contributed by atoms with E-state index in [1.807, 2.05) is 11.0 Å². The quantitative estimate of drug-likeness (QED) is 0.779. The van der Waals surface area contributed by atoms with Gasteiger partial charge in [-0.2, -0.15) is 0 Å². The molecule has 0 amide bonds. The number of thiophene rings is 1. The van der Waals surface area contributed by atoms with Gasteiger partial charge in [-0.3, -0.25) is 4.79 Å². The summed E-state index contributed by atoms with van der Waals surface area (Å²) in [5.74, 6) is 1.23. The summed E-state index contributed by atoms with van der Waals surface area (Å²) in [5, 5.41) is 2.05. The summed E-state index contributed by atoms with van der Waals surface area (Å²) in [5.41, 5.74) is 2.40. The highest BCUT2D eigenvalue weighted by Gasteiger charge is 2.41. The van der Waals surface area contributed by atoms with E-state index in [4.69, 9.17) is 0 Å². The SMILES string of the molecule is C[NH+]1CCC([NH+]2C[C@@H]3C[C@H](C2)c2ccc(-c4cccs4)c(=O)n2C3)CC1. The highest BCUT2D eigenvalue weighted by molar-refractivity contribution is 7.13. The Balaban J connectivity index is 1.43. The number of nitrogens with zero attached hydrogens (tertiary/aromatic N) is 1. The van der Waals surface area contributed by atoms with Crippen LogP contribution in [0, 0.1) is 5.92 Å². The van der Waals surface area contributed by atoms with E-state index in [2.05, 4.69) is 35.2 Å². The number of aromatic nitrogens is 1. The molecule has 3 aliphatic rings. The Hall–Kier alpha value is -1.43. The predicted molar refractivity (Wildman–Crippen MR) is 105 cm³/mol. The van der Waals surface area contributed by atoms with Crippen molar-refractivity contribution in [1.29, 1.82) is 0 Å². The molecule has 0 aromatic carbocycles. The molecule has 1 unspecified atom stereocenters. The Morgan fingerprint density at radius 1 is 1.15 bits per heavy atom. The van der Waals surface area contributed by atoms with Crippen molar-refractivity contribution in [3.63, 3.8) is 0 Å². The van der Waals surface area contributed by atoms with Gasteiger partial charge in [0.05, 0.1) is 44.8 Å². The zero-order chi connectivity index (χ0) is 17.7. The first-order valence-electron chi connectivity index (χ1n) is 10.1. The van der Waals surface area contributed by atoms with Crippen molar-refractivity contribution < 1.29 is 9.80 Å². The summed E-state index contributed by atoms with van der Waals surface area (Å²) >= 11 is 1.66. The van der Waals surface area contributed by atoms with Crippen LogP contribution in [0.4, 0.5) is 0 Å². The second-order valence-electron chi connectivity index (χ2n) is 8.66. The first-order chi connectivity index (χ1) is 12.7. The van der Waals surface area contributed by atoms with Crippen LogP contribution in [0.25, 0.3) is 10.4 Å². The van der Waals surface area contributed by atoms with E-state index >= 15 is 0 Å². The molecule has 0 radical (unpaired) electrons. The molecule has 0 spiro atoms. The van der Waals surface area contributed by atoms with E-state index in [9.17, 15) is 4.79 Å². The third-order valence-electron chi connectivity index (χ3n) is 6.95. The normalized spacial score (nSPS) is 33.7. The maximum atomic E-state index is 13.1. The lowest BCUT2D eigenvalue weighted by molar-refractivity contribution is -0.959. The van der Waals surface area contributed by atoms with E-state index in [1.165, 1.54) is 51.1 Å². The minimum absolute atomic E-state index is 0.228. The number of likely N-dealkylation sites (tertiary alicyclic amines) is 2. The third kappa shape index (κ3) is 2.86. The molecule has 138 valence electrons. The predicted octanol–water partition coefficient (Wildman–Crippen LogP) is 0.256. The largest absolute Gasteiger partial charge is 0.337 e. The second kappa shape index (κ2) is 6.63. The fourth-order valence-corrected chi connectivity index (χ4v) is 6.31. The van der Waals surface area contributed by atoms with Crippen LogP contribution in [-0.4, -0.2) is 43.8 Å². The average Bonchev–Trinajstić information content (AvgIpc) is 3.17. The molecule has 2 N–H and O–H groups in total. The average molecular weight is 372 g/mol. The monoisotopic (exact) mass is 371 g/mol. The van der Waals surface area contributed by atoms with E-state index in [1.54, 1.807) is 16.2 Å². The molecule has 26 heavy (non-hydrogen) atoms. The van der Waals surface area contributed by atoms with Crippen LogP contribution in [-0.2, 0) is 6.54 Å². The number of piperidine rings is 2. The Kier molecular flexibility index (Phi) is 4.26. The number of pyridine rings is 1. The number of nitrogens with one attached hydrogen (secondary N) is 2. The van der Waals surface area contributed by atoms with Crippen molar-refractivity contribution in [3.05, 3.63) is 45.7 Å². The zero-order valence-corrected chi connectivity index (χ0v) is 16.4. The van der Waals surface area contributed by atoms with E-state index in [-0.39, 0.29) is 5.56 Å². The standard InChI is InChI=1S/C21H27N3OS/c1-22-8-6-17(7-9-22)23-12-15-11-16(14-23)19-5-4-18(20-3-2-10-26-20)21(25)24(19)13-15/h2-5,10,15-17H,6-9,11-14H2,1H3/p+2/t15-,16+/m0/s1. The van der Waals surface area contributed by atoms with Crippen molar-refractivity contribution in [2.75, 3.05) is 33.2 Å². The van der Waals surface area contributed by atoms with Crippen LogP contribution >= 0.6 is 11.3 Å². The molecule has 2 saturated heterocycles. The fourth-order valence-electron chi connectivity index (χ4n) is 5.57. The molecule has 5 rings (SSSR count). The molecule has 3 atom stereocenters. The molecular formula is C21H29N3OS+2. The molecule has 4 nitrogen and oxygen atoms in total. The van der Waals surface area contributed by atoms with Crippen molar-refractivity contribution in [3.8, 4) is 10.4 Å². The van der Waals surface area contributed by atoms with Crippen LogP contribution in [0.1, 0.15) is 30.9 Å². The number of hydrogen-bond donors (Lipinski definition) is 2. The maximum absolute atomic E-state index is 13.1. The van der Waals surface area contributed by atoms with Gasteiger partial charge >= 0.3 is 0 Å². The van der Waals surface area contributed by atoms with Crippen molar-refractivity contribution in [2.45, 2.75) is 37.8 Å². The summed E-state index contributed by atoms with van der Waals surface area (Å²) in [6, 6.07) is 9.26.